The first-order chi connectivity index (χ1) is 12.3. The van der Waals surface area contributed by atoms with Gasteiger partial charge in [-0.15, -0.1) is 23.2 Å². The minimum absolute atomic E-state index is 0.241. The van der Waals surface area contributed by atoms with Gasteiger partial charge in [0.05, 0.1) is 50.5 Å². The van der Waals surface area contributed by atoms with E-state index in [0.29, 0.717) is 23.1 Å². The van der Waals surface area contributed by atoms with E-state index in [1.54, 1.807) is 0 Å². The van der Waals surface area contributed by atoms with Crippen LogP contribution in [0.15, 0.2) is 10.1 Å². The van der Waals surface area contributed by atoms with Crippen LogP contribution < -0.4 is 0 Å². The van der Waals surface area contributed by atoms with Crippen LogP contribution in [-0.4, -0.2) is 45.4 Å². The van der Waals surface area contributed by atoms with E-state index in [9.17, 15) is 9.59 Å². The van der Waals surface area contributed by atoms with Crippen molar-refractivity contribution in [3.05, 3.63) is 10.1 Å². The van der Waals surface area contributed by atoms with Crippen LogP contribution in [0.1, 0.15) is 26.2 Å². The Morgan fingerprint density at radius 3 is 2.04 bits per heavy atom. The highest BCUT2D eigenvalue weighted by Gasteiger charge is 2.82. The molecule has 9 heteroatoms. The number of alkyl halides is 2. The van der Waals surface area contributed by atoms with Crippen LogP contribution in [0.5, 0.6) is 0 Å². The number of hydrogen-bond acceptors (Lipinski definition) is 4. The van der Waals surface area contributed by atoms with Crippen molar-refractivity contribution in [1.82, 2.24) is 5.06 Å². The molecule has 1 saturated carbocycles. The van der Waals surface area contributed by atoms with Crippen LogP contribution in [0.2, 0.25) is 0 Å². The SMILES string of the molecule is CCCCON1C(=O)[C@@H]2[C@H]3O[C@H]([C@H]2C1=O)[C@@H]1[C@@H]3[C@]2(Cl)C[C@]1(Cl)C(Cl)=C2Cl. The topological polar surface area (TPSA) is 55.8 Å². The van der Waals surface area contributed by atoms with Crippen molar-refractivity contribution >= 4 is 58.2 Å². The molecule has 2 aliphatic carbocycles. The van der Waals surface area contributed by atoms with Crippen molar-refractivity contribution in [2.24, 2.45) is 23.7 Å². The summed E-state index contributed by atoms with van der Waals surface area (Å²) in [6, 6.07) is 0. The fourth-order valence-corrected chi connectivity index (χ4v) is 7.71. The van der Waals surface area contributed by atoms with E-state index in [4.69, 9.17) is 56.0 Å². The highest BCUT2D eigenvalue weighted by Crippen LogP contribution is 2.75. The van der Waals surface area contributed by atoms with Crippen LogP contribution in [0.25, 0.3) is 0 Å². The number of carbonyl (C=O) groups excluding carboxylic acids is 2. The smallest absolute Gasteiger partial charge is 0.260 e. The molecular formula is C17H17Cl4NO4. The molecule has 0 unspecified atom stereocenters. The first kappa shape index (κ1) is 18.0. The number of imide groups is 1. The molecule has 0 N–H and O–H groups in total. The third kappa shape index (κ3) is 1.84. The van der Waals surface area contributed by atoms with E-state index in [0.717, 1.165) is 17.9 Å². The number of hydrogen-bond donors (Lipinski definition) is 0. The monoisotopic (exact) mass is 439 g/mol. The molecule has 5 nitrogen and oxygen atoms in total. The van der Waals surface area contributed by atoms with E-state index in [1.165, 1.54) is 0 Å². The van der Waals surface area contributed by atoms with Crippen LogP contribution in [0, 0.1) is 23.7 Å². The predicted molar refractivity (Wildman–Crippen MR) is 95.9 cm³/mol. The number of amides is 2. The Morgan fingerprint density at radius 1 is 1.08 bits per heavy atom. The lowest BCUT2D eigenvalue weighted by atomic mass is 9.65. The van der Waals surface area contributed by atoms with Gasteiger partial charge in [0.2, 0.25) is 0 Å². The van der Waals surface area contributed by atoms with Gasteiger partial charge in [0.1, 0.15) is 0 Å². The molecule has 26 heavy (non-hydrogen) atoms. The average Bonchev–Trinajstić information content (AvgIpc) is 3.32. The number of hydroxylamine groups is 2. The molecule has 0 radical (unpaired) electrons. The zero-order valence-electron chi connectivity index (χ0n) is 13.9. The largest absolute Gasteiger partial charge is 0.373 e. The highest BCUT2D eigenvalue weighted by atomic mass is 35.5. The normalized spacial score (nSPS) is 51.0. The molecule has 0 aromatic carbocycles. The Kier molecular flexibility index (Phi) is 3.82. The van der Waals surface area contributed by atoms with Gasteiger partial charge in [0, 0.05) is 11.8 Å². The molecule has 2 amide bonds. The molecule has 0 aromatic rings. The first-order valence-corrected chi connectivity index (χ1v) is 10.4. The van der Waals surface area contributed by atoms with Crippen molar-refractivity contribution in [3.63, 3.8) is 0 Å². The number of fused-ring (bicyclic) bond motifs is 12. The molecule has 3 saturated heterocycles. The maximum atomic E-state index is 12.9. The second-order valence-electron chi connectivity index (χ2n) is 7.86. The minimum Gasteiger partial charge on any atom is -0.373 e. The number of unbranched alkanes of at least 4 members (excludes halogenated alkanes) is 1. The van der Waals surface area contributed by atoms with Gasteiger partial charge in [-0.3, -0.25) is 14.4 Å². The maximum absolute atomic E-state index is 12.9. The third-order valence-corrected chi connectivity index (χ3v) is 9.18. The molecule has 0 spiro atoms. The number of halogens is 4. The molecule has 4 bridgehead atoms. The van der Waals surface area contributed by atoms with E-state index >= 15 is 0 Å². The number of rotatable bonds is 4. The van der Waals surface area contributed by atoms with Crippen molar-refractivity contribution in [2.45, 2.75) is 48.1 Å². The zero-order valence-corrected chi connectivity index (χ0v) is 16.9. The molecule has 3 aliphatic heterocycles. The second kappa shape index (κ2) is 5.52. The van der Waals surface area contributed by atoms with Gasteiger partial charge in [0.15, 0.2) is 0 Å². The van der Waals surface area contributed by atoms with Crippen LogP contribution in [0.4, 0.5) is 0 Å². The summed E-state index contributed by atoms with van der Waals surface area (Å²) in [5.41, 5.74) is 0. The van der Waals surface area contributed by atoms with Crippen LogP contribution >= 0.6 is 46.4 Å². The fraction of sp³-hybridized carbons (Fsp3) is 0.765. The van der Waals surface area contributed by atoms with Gasteiger partial charge in [-0.25, -0.2) is 0 Å². The van der Waals surface area contributed by atoms with Crippen molar-refractivity contribution in [3.8, 4) is 0 Å². The first-order valence-electron chi connectivity index (χ1n) is 8.87. The summed E-state index contributed by atoms with van der Waals surface area (Å²) in [5, 5.41) is 1.62. The van der Waals surface area contributed by atoms with E-state index < -0.39 is 33.8 Å². The summed E-state index contributed by atoms with van der Waals surface area (Å²) in [7, 11) is 0. The van der Waals surface area contributed by atoms with Crippen molar-refractivity contribution < 1.29 is 19.2 Å². The Bertz CT molecular complexity index is 705. The van der Waals surface area contributed by atoms with Gasteiger partial charge in [-0.1, -0.05) is 36.5 Å². The lowest BCUT2D eigenvalue weighted by Gasteiger charge is -2.40. The summed E-state index contributed by atoms with van der Waals surface area (Å²) in [4.78, 5) is 29.3. The number of allylic oxidation sites excluding steroid dienone is 2. The molecule has 3 heterocycles. The molecule has 0 aromatic heterocycles. The molecule has 5 aliphatic rings. The fourth-order valence-electron chi connectivity index (χ4n) is 5.69. The Labute approximate surface area is 170 Å². The molecule has 5 rings (SSSR count). The van der Waals surface area contributed by atoms with Gasteiger partial charge in [0.25, 0.3) is 11.8 Å². The van der Waals surface area contributed by atoms with Crippen LogP contribution in [0.3, 0.4) is 0 Å². The number of carbonyl (C=O) groups is 2. The number of nitrogens with zero attached hydrogens (tertiary/aromatic N) is 1. The summed E-state index contributed by atoms with van der Waals surface area (Å²) in [6.07, 6.45) is 1.08. The lowest BCUT2D eigenvalue weighted by Crippen LogP contribution is -2.50. The summed E-state index contributed by atoms with van der Waals surface area (Å²) < 4.78 is 6.09. The average molecular weight is 441 g/mol. The quantitative estimate of drug-likeness (QED) is 0.382. The summed E-state index contributed by atoms with van der Waals surface area (Å²) in [5.74, 6) is -2.35. The molecule has 4 fully saturated rings. The second-order valence-corrected chi connectivity index (χ2v) is 9.96. The molecular weight excluding hydrogens is 424 g/mol. The minimum atomic E-state index is -0.935. The van der Waals surface area contributed by atoms with Gasteiger partial charge < -0.3 is 4.74 Å². The van der Waals surface area contributed by atoms with Gasteiger partial charge >= 0.3 is 0 Å². The standard InChI is InChI=1S/C17H17Cl4NO4/c1-2-3-4-25-22-14(23)6-7(15(22)24)11-9-8(10(6)26-11)16(20)5-17(9,21)13(19)12(16)18/h6-11H,2-5H2,1H3/t6-,7-,8-,9-,10+,11+,16+,17+/m0/s1. The lowest BCUT2D eigenvalue weighted by molar-refractivity contribution is -0.192. The van der Waals surface area contributed by atoms with Crippen molar-refractivity contribution in [2.75, 3.05) is 6.61 Å². The predicted octanol–water partition coefficient (Wildman–Crippen LogP) is 3.39. The zero-order chi connectivity index (χ0) is 18.6. The Morgan fingerprint density at radius 2 is 1.58 bits per heavy atom. The molecule has 142 valence electrons. The van der Waals surface area contributed by atoms with Gasteiger partial charge in [-0.05, 0) is 12.8 Å². The summed E-state index contributed by atoms with van der Waals surface area (Å²) in [6.45, 7) is 2.34. The number of ether oxygens (including phenoxy) is 1. The van der Waals surface area contributed by atoms with Crippen molar-refractivity contribution in [1.29, 1.82) is 0 Å². The van der Waals surface area contributed by atoms with E-state index in [-0.39, 0.29) is 23.7 Å². The Hall–Kier alpha value is -0.0400. The Balaban J connectivity index is 1.50. The summed E-state index contributed by atoms with van der Waals surface area (Å²) >= 11 is 26.5. The highest BCUT2D eigenvalue weighted by molar-refractivity contribution is 6.51. The van der Waals surface area contributed by atoms with E-state index in [2.05, 4.69) is 0 Å². The third-order valence-electron chi connectivity index (χ3n) is 6.69. The van der Waals surface area contributed by atoms with E-state index in [1.807, 2.05) is 6.92 Å². The van der Waals surface area contributed by atoms with Crippen LogP contribution in [-0.2, 0) is 19.2 Å². The maximum Gasteiger partial charge on any atom is 0.260 e. The van der Waals surface area contributed by atoms with Gasteiger partial charge in [-0.2, -0.15) is 5.06 Å². The molecule has 8 atom stereocenters.